The van der Waals surface area contributed by atoms with Gasteiger partial charge >= 0.3 is 0 Å². The van der Waals surface area contributed by atoms with Gasteiger partial charge in [-0.15, -0.1) is 0 Å². The molecule has 1 atom stereocenters. The van der Waals surface area contributed by atoms with E-state index < -0.39 is 17.7 Å². The summed E-state index contributed by atoms with van der Waals surface area (Å²) in [6, 6.07) is 17.1. The fourth-order valence-corrected chi connectivity index (χ4v) is 4.24. The van der Waals surface area contributed by atoms with Gasteiger partial charge < -0.3 is 24.4 Å². The van der Waals surface area contributed by atoms with Gasteiger partial charge in [0, 0.05) is 5.69 Å². The van der Waals surface area contributed by atoms with Crippen LogP contribution >= 0.6 is 0 Å². The normalized spacial score (nSPS) is 16.8. The minimum atomic E-state index is -0.993. The second kappa shape index (κ2) is 10.4. The maximum Gasteiger partial charge on any atom is 0.300 e. The van der Waals surface area contributed by atoms with Crippen molar-refractivity contribution in [2.45, 2.75) is 19.9 Å². The zero-order valence-corrected chi connectivity index (χ0v) is 20.2. The maximum atomic E-state index is 13.4. The van der Waals surface area contributed by atoms with Crippen LogP contribution in [0.1, 0.15) is 31.0 Å². The SMILES string of the molecule is CCOc1ccc(N2C(=O)C(=O)/C(=C(\O)c3ccccc3OC)C2c2ccc(O)c(OCC)c2)cc1. The second-order valence-electron chi connectivity index (χ2n) is 7.96. The average molecular weight is 490 g/mol. The maximum absolute atomic E-state index is 13.4. The van der Waals surface area contributed by atoms with Crippen molar-refractivity contribution in [3.63, 3.8) is 0 Å². The van der Waals surface area contributed by atoms with Crippen molar-refractivity contribution in [2.24, 2.45) is 0 Å². The van der Waals surface area contributed by atoms with Gasteiger partial charge in [0.15, 0.2) is 11.5 Å². The summed E-state index contributed by atoms with van der Waals surface area (Å²) in [5.74, 6) is -0.924. The van der Waals surface area contributed by atoms with Gasteiger partial charge in [0.1, 0.15) is 17.3 Å². The fourth-order valence-electron chi connectivity index (χ4n) is 4.24. The van der Waals surface area contributed by atoms with E-state index in [4.69, 9.17) is 14.2 Å². The second-order valence-corrected chi connectivity index (χ2v) is 7.96. The van der Waals surface area contributed by atoms with E-state index in [0.717, 1.165) is 0 Å². The van der Waals surface area contributed by atoms with Crippen LogP contribution in [-0.4, -0.2) is 42.2 Å². The van der Waals surface area contributed by atoms with E-state index in [-0.39, 0.29) is 28.4 Å². The van der Waals surface area contributed by atoms with Gasteiger partial charge in [-0.05, 0) is 67.9 Å². The average Bonchev–Trinajstić information content (AvgIpc) is 3.16. The van der Waals surface area contributed by atoms with Crippen molar-refractivity contribution >= 4 is 23.1 Å². The van der Waals surface area contributed by atoms with E-state index in [1.165, 1.54) is 18.1 Å². The standard InChI is InChI=1S/C28H27NO7/c1-4-35-19-13-11-18(12-14-19)29-25(17-10-15-21(30)23(16-17)36-5-2)24(27(32)28(29)33)26(31)20-8-6-7-9-22(20)34-3/h6-16,25,30-31H,4-5H2,1-3H3/b26-24-. The molecule has 1 fully saturated rings. The molecule has 0 radical (unpaired) electrons. The number of carbonyl (C=O) groups is 2. The molecule has 0 aliphatic carbocycles. The predicted octanol–water partition coefficient (Wildman–Crippen LogP) is 4.82. The van der Waals surface area contributed by atoms with Crippen molar-refractivity contribution < 1.29 is 34.0 Å². The van der Waals surface area contributed by atoms with Crippen LogP contribution in [0, 0.1) is 0 Å². The summed E-state index contributed by atoms with van der Waals surface area (Å²) < 4.78 is 16.4. The molecule has 1 amide bonds. The van der Waals surface area contributed by atoms with Gasteiger partial charge in [0.2, 0.25) is 0 Å². The number of ketones is 1. The van der Waals surface area contributed by atoms with Gasteiger partial charge in [0.05, 0.1) is 37.5 Å². The molecule has 0 bridgehead atoms. The van der Waals surface area contributed by atoms with Crippen molar-refractivity contribution in [3.8, 4) is 23.0 Å². The molecule has 1 aliphatic rings. The number of benzene rings is 3. The minimum absolute atomic E-state index is 0.0802. The Hall–Kier alpha value is -4.46. The van der Waals surface area contributed by atoms with Crippen molar-refractivity contribution in [3.05, 3.63) is 83.4 Å². The Morgan fingerprint density at radius 2 is 1.61 bits per heavy atom. The first-order valence-electron chi connectivity index (χ1n) is 11.5. The number of hydrogen-bond acceptors (Lipinski definition) is 7. The third-order valence-corrected chi connectivity index (χ3v) is 5.83. The molecule has 0 saturated carbocycles. The molecule has 186 valence electrons. The summed E-state index contributed by atoms with van der Waals surface area (Å²) in [5, 5.41) is 21.6. The summed E-state index contributed by atoms with van der Waals surface area (Å²) in [6.45, 7) is 4.43. The highest BCUT2D eigenvalue weighted by atomic mass is 16.5. The number of amides is 1. The van der Waals surface area contributed by atoms with Gasteiger partial charge in [-0.3, -0.25) is 14.5 Å². The number of carbonyl (C=O) groups excluding carboxylic acids is 2. The first-order valence-corrected chi connectivity index (χ1v) is 11.5. The topological polar surface area (TPSA) is 106 Å². The molecule has 1 unspecified atom stereocenters. The Morgan fingerprint density at radius 3 is 2.28 bits per heavy atom. The van der Waals surface area contributed by atoms with E-state index >= 15 is 0 Å². The van der Waals surface area contributed by atoms with Gasteiger partial charge in [0.25, 0.3) is 11.7 Å². The number of para-hydroxylation sites is 1. The first kappa shape index (κ1) is 24.7. The third kappa shape index (κ3) is 4.45. The number of Topliss-reactive ketones (excluding diaryl/α,β-unsaturated/α-hetero) is 1. The summed E-state index contributed by atoms with van der Waals surface area (Å²) in [6.07, 6.45) is 0. The van der Waals surface area contributed by atoms with Crippen LogP contribution in [0.15, 0.2) is 72.3 Å². The number of aliphatic hydroxyl groups is 1. The lowest BCUT2D eigenvalue weighted by atomic mass is 9.94. The predicted molar refractivity (Wildman–Crippen MR) is 135 cm³/mol. The van der Waals surface area contributed by atoms with Crippen LogP contribution in [0.2, 0.25) is 0 Å². The van der Waals surface area contributed by atoms with E-state index in [9.17, 15) is 19.8 Å². The van der Waals surface area contributed by atoms with E-state index in [1.54, 1.807) is 67.6 Å². The summed E-state index contributed by atoms with van der Waals surface area (Å²) in [4.78, 5) is 28.1. The largest absolute Gasteiger partial charge is 0.507 e. The summed E-state index contributed by atoms with van der Waals surface area (Å²) >= 11 is 0. The molecule has 8 nitrogen and oxygen atoms in total. The molecule has 3 aromatic rings. The number of methoxy groups -OCH3 is 1. The number of ether oxygens (including phenoxy) is 3. The van der Waals surface area contributed by atoms with Crippen LogP contribution in [0.5, 0.6) is 23.0 Å². The molecule has 1 aliphatic heterocycles. The molecule has 1 heterocycles. The molecule has 0 aromatic heterocycles. The number of rotatable bonds is 8. The monoisotopic (exact) mass is 489 g/mol. The number of phenols is 1. The highest BCUT2D eigenvalue weighted by Crippen LogP contribution is 2.45. The molecular weight excluding hydrogens is 462 g/mol. The Kier molecular flexibility index (Phi) is 7.15. The Bertz CT molecular complexity index is 1310. The van der Waals surface area contributed by atoms with Gasteiger partial charge in [-0.2, -0.15) is 0 Å². The van der Waals surface area contributed by atoms with Crippen molar-refractivity contribution in [1.82, 2.24) is 0 Å². The number of phenolic OH excluding ortho intramolecular Hbond substituents is 1. The molecule has 8 heteroatoms. The Morgan fingerprint density at radius 1 is 0.917 bits per heavy atom. The number of aromatic hydroxyl groups is 1. The minimum Gasteiger partial charge on any atom is -0.507 e. The van der Waals surface area contributed by atoms with E-state index in [1.807, 2.05) is 6.92 Å². The van der Waals surface area contributed by atoms with E-state index in [2.05, 4.69) is 0 Å². The summed E-state index contributed by atoms with van der Waals surface area (Å²) in [7, 11) is 1.45. The molecular formula is C28H27NO7. The highest BCUT2D eigenvalue weighted by molar-refractivity contribution is 6.51. The summed E-state index contributed by atoms with van der Waals surface area (Å²) in [5.41, 5.74) is 1.08. The Labute approximate surface area is 209 Å². The van der Waals surface area contributed by atoms with Crippen LogP contribution in [0.3, 0.4) is 0 Å². The zero-order valence-electron chi connectivity index (χ0n) is 20.2. The zero-order chi connectivity index (χ0) is 25.8. The van der Waals surface area contributed by atoms with Crippen LogP contribution in [-0.2, 0) is 9.59 Å². The molecule has 3 aromatic carbocycles. The smallest absolute Gasteiger partial charge is 0.300 e. The van der Waals surface area contributed by atoms with Gasteiger partial charge in [-0.25, -0.2) is 0 Å². The number of aliphatic hydroxyl groups excluding tert-OH is 1. The molecule has 0 spiro atoms. The lowest BCUT2D eigenvalue weighted by Crippen LogP contribution is -2.29. The first-order chi connectivity index (χ1) is 17.4. The van der Waals surface area contributed by atoms with Crippen LogP contribution < -0.4 is 19.1 Å². The Balaban J connectivity index is 1.94. The molecule has 36 heavy (non-hydrogen) atoms. The fraction of sp³-hybridized carbons (Fsp3) is 0.214. The molecule has 4 rings (SSSR count). The van der Waals surface area contributed by atoms with Crippen LogP contribution in [0.25, 0.3) is 5.76 Å². The number of hydrogen-bond donors (Lipinski definition) is 2. The lowest BCUT2D eigenvalue weighted by molar-refractivity contribution is -0.132. The quantitative estimate of drug-likeness (QED) is 0.265. The van der Waals surface area contributed by atoms with Crippen LogP contribution in [0.4, 0.5) is 5.69 Å². The third-order valence-electron chi connectivity index (χ3n) is 5.83. The molecule has 1 saturated heterocycles. The highest BCUT2D eigenvalue weighted by Gasteiger charge is 2.47. The lowest BCUT2D eigenvalue weighted by Gasteiger charge is -2.26. The number of nitrogens with zero attached hydrogens (tertiary/aromatic N) is 1. The van der Waals surface area contributed by atoms with Crippen molar-refractivity contribution in [2.75, 3.05) is 25.2 Å². The van der Waals surface area contributed by atoms with Gasteiger partial charge in [-0.1, -0.05) is 18.2 Å². The van der Waals surface area contributed by atoms with E-state index in [0.29, 0.717) is 36.0 Å². The number of anilines is 1. The molecule has 2 N–H and O–H groups in total. The van der Waals surface area contributed by atoms with Crippen molar-refractivity contribution in [1.29, 1.82) is 0 Å².